The highest BCUT2D eigenvalue weighted by Crippen LogP contribution is 2.33. The fraction of sp³-hybridized carbons (Fsp3) is 0.130. The summed E-state index contributed by atoms with van der Waals surface area (Å²) in [6.07, 6.45) is 1.64. The van der Waals surface area contributed by atoms with Crippen molar-refractivity contribution >= 4 is 58.1 Å². The molecule has 4 rings (SSSR count). The normalized spacial score (nSPS) is 14.9. The van der Waals surface area contributed by atoms with E-state index < -0.39 is 17.1 Å². The highest BCUT2D eigenvalue weighted by Gasteiger charge is 2.34. The number of hydrogen-bond acceptors (Lipinski definition) is 6. The van der Waals surface area contributed by atoms with Crippen LogP contribution in [0.3, 0.4) is 0 Å². The van der Waals surface area contributed by atoms with Gasteiger partial charge in [0, 0.05) is 23.7 Å². The molecule has 10 heteroatoms. The van der Waals surface area contributed by atoms with Crippen molar-refractivity contribution in [1.29, 1.82) is 0 Å². The van der Waals surface area contributed by atoms with E-state index in [4.69, 9.17) is 27.7 Å². The number of thioether (sulfide) groups is 1. The zero-order chi connectivity index (χ0) is 23.5. The van der Waals surface area contributed by atoms with Crippen LogP contribution in [-0.4, -0.2) is 40.2 Å². The van der Waals surface area contributed by atoms with Gasteiger partial charge in [-0.2, -0.15) is 0 Å². The lowest BCUT2D eigenvalue weighted by molar-refractivity contribution is -0.122. The summed E-state index contributed by atoms with van der Waals surface area (Å²) in [4.78, 5) is 39.2. The van der Waals surface area contributed by atoms with Crippen LogP contribution >= 0.6 is 35.0 Å². The molecule has 33 heavy (non-hydrogen) atoms. The molecule has 1 saturated heterocycles. The van der Waals surface area contributed by atoms with Gasteiger partial charge >= 0.3 is 0 Å². The Bertz CT molecular complexity index is 1270. The van der Waals surface area contributed by atoms with Crippen molar-refractivity contribution < 1.29 is 18.9 Å². The Morgan fingerprint density at radius 1 is 1.15 bits per heavy atom. The summed E-state index contributed by atoms with van der Waals surface area (Å²) in [6.45, 7) is 1.72. The molecule has 7 nitrogen and oxygen atoms in total. The number of aromatic nitrogens is 1. The number of rotatable bonds is 6. The molecule has 0 unspecified atom stereocenters. The Morgan fingerprint density at radius 2 is 1.88 bits per heavy atom. The first kappa shape index (κ1) is 23.1. The van der Waals surface area contributed by atoms with Gasteiger partial charge in [0.2, 0.25) is 0 Å². The fourth-order valence-corrected chi connectivity index (χ4v) is 4.47. The van der Waals surface area contributed by atoms with Crippen LogP contribution in [0.1, 0.15) is 21.7 Å². The van der Waals surface area contributed by atoms with Gasteiger partial charge in [0.25, 0.3) is 17.1 Å². The highest BCUT2D eigenvalue weighted by atomic mass is 35.5. The van der Waals surface area contributed by atoms with Crippen molar-refractivity contribution in [2.75, 3.05) is 13.1 Å². The summed E-state index contributed by atoms with van der Waals surface area (Å²) < 4.78 is 5.21. The van der Waals surface area contributed by atoms with E-state index in [1.807, 2.05) is 0 Å². The molecule has 0 spiro atoms. The maximum absolute atomic E-state index is 12.8. The smallest absolute Gasteiger partial charge is 0.293 e. The largest absolute Gasteiger partial charge is 0.360 e. The van der Waals surface area contributed by atoms with Crippen molar-refractivity contribution in [1.82, 2.24) is 15.4 Å². The predicted octanol–water partition coefficient (Wildman–Crippen LogP) is 5.42. The third-order valence-electron chi connectivity index (χ3n) is 4.88. The number of halogens is 2. The van der Waals surface area contributed by atoms with Gasteiger partial charge in [-0.1, -0.05) is 58.7 Å². The van der Waals surface area contributed by atoms with Crippen LogP contribution in [0.2, 0.25) is 10.0 Å². The molecule has 1 fully saturated rings. The minimum atomic E-state index is -0.438. The van der Waals surface area contributed by atoms with Gasteiger partial charge in [-0.15, -0.1) is 0 Å². The maximum Gasteiger partial charge on any atom is 0.293 e. The van der Waals surface area contributed by atoms with Crippen LogP contribution in [-0.2, 0) is 4.79 Å². The first-order valence-corrected chi connectivity index (χ1v) is 11.4. The summed E-state index contributed by atoms with van der Waals surface area (Å²) >= 11 is 13.0. The lowest BCUT2D eigenvalue weighted by atomic mass is 10.1. The average Bonchev–Trinajstić information content (AvgIpc) is 3.30. The molecule has 1 aliphatic heterocycles. The number of aryl methyl sites for hydroxylation is 1. The predicted molar refractivity (Wildman–Crippen MR) is 128 cm³/mol. The van der Waals surface area contributed by atoms with E-state index in [0.29, 0.717) is 32.0 Å². The number of benzene rings is 2. The molecular weight excluding hydrogens is 485 g/mol. The molecule has 2 heterocycles. The van der Waals surface area contributed by atoms with E-state index in [1.54, 1.807) is 61.5 Å². The Labute approximate surface area is 203 Å². The van der Waals surface area contributed by atoms with Crippen LogP contribution in [0.25, 0.3) is 17.3 Å². The van der Waals surface area contributed by atoms with Gasteiger partial charge in [0.1, 0.15) is 17.0 Å². The summed E-state index contributed by atoms with van der Waals surface area (Å²) in [5.74, 6) is -0.515. The Kier molecular flexibility index (Phi) is 6.88. The highest BCUT2D eigenvalue weighted by molar-refractivity contribution is 8.18. The molecule has 0 radical (unpaired) electrons. The van der Waals surface area contributed by atoms with Crippen LogP contribution in [0.5, 0.6) is 0 Å². The number of imide groups is 1. The molecule has 0 saturated carbocycles. The van der Waals surface area contributed by atoms with E-state index in [2.05, 4.69) is 10.5 Å². The molecule has 1 aromatic heterocycles. The van der Waals surface area contributed by atoms with Crippen LogP contribution in [0.4, 0.5) is 4.79 Å². The first-order chi connectivity index (χ1) is 15.8. The molecule has 3 amide bonds. The number of amides is 3. The Balaban J connectivity index is 1.42. The fourth-order valence-electron chi connectivity index (χ4n) is 3.25. The van der Waals surface area contributed by atoms with E-state index in [9.17, 15) is 14.4 Å². The second-order valence-corrected chi connectivity index (χ2v) is 8.92. The number of carbonyl (C=O) groups excluding carboxylic acids is 3. The number of carbonyl (C=O) groups is 3. The zero-order valence-electron chi connectivity index (χ0n) is 17.3. The topological polar surface area (TPSA) is 92.5 Å². The SMILES string of the molecule is Cc1onc(-c2ccccc2Cl)c1C(=O)NCCN1C(=O)SC(=Cc2ccc(Cl)cc2)C1=O. The number of hydrogen-bond donors (Lipinski definition) is 1. The third kappa shape index (κ3) is 4.98. The van der Waals surface area contributed by atoms with Gasteiger partial charge in [0.05, 0.1) is 9.93 Å². The minimum Gasteiger partial charge on any atom is -0.360 e. The van der Waals surface area contributed by atoms with E-state index in [-0.39, 0.29) is 18.7 Å². The Morgan fingerprint density at radius 3 is 2.61 bits per heavy atom. The quantitative estimate of drug-likeness (QED) is 0.453. The van der Waals surface area contributed by atoms with Gasteiger partial charge < -0.3 is 9.84 Å². The van der Waals surface area contributed by atoms with Crippen LogP contribution in [0.15, 0.2) is 58.0 Å². The van der Waals surface area contributed by atoms with Gasteiger partial charge in [-0.05, 0) is 48.5 Å². The number of nitrogens with zero attached hydrogens (tertiary/aromatic N) is 2. The molecule has 168 valence electrons. The van der Waals surface area contributed by atoms with Crippen molar-refractivity contribution in [3.63, 3.8) is 0 Å². The van der Waals surface area contributed by atoms with Crippen molar-refractivity contribution in [3.05, 3.63) is 80.4 Å². The summed E-state index contributed by atoms with van der Waals surface area (Å²) in [5.41, 5.74) is 1.90. The summed E-state index contributed by atoms with van der Waals surface area (Å²) in [5, 5.41) is 7.32. The standard InChI is InChI=1S/C23H17Cl2N3O4S/c1-13-19(20(27-32-13)16-4-2-3-5-17(16)25)21(29)26-10-11-28-22(30)18(33-23(28)31)12-14-6-8-15(24)9-7-14/h2-9,12H,10-11H2,1H3,(H,26,29). The zero-order valence-corrected chi connectivity index (χ0v) is 19.6. The summed E-state index contributed by atoms with van der Waals surface area (Å²) in [6, 6.07) is 13.9. The molecule has 1 aliphatic rings. The van der Waals surface area contributed by atoms with Gasteiger partial charge in [-0.3, -0.25) is 19.3 Å². The molecule has 0 aliphatic carbocycles. The van der Waals surface area contributed by atoms with Crippen molar-refractivity contribution in [3.8, 4) is 11.3 Å². The van der Waals surface area contributed by atoms with Crippen molar-refractivity contribution in [2.24, 2.45) is 0 Å². The van der Waals surface area contributed by atoms with Crippen LogP contribution in [0, 0.1) is 6.92 Å². The third-order valence-corrected chi connectivity index (χ3v) is 6.37. The molecule has 3 aromatic rings. The lowest BCUT2D eigenvalue weighted by Gasteiger charge is -2.13. The maximum atomic E-state index is 12.8. The monoisotopic (exact) mass is 501 g/mol. The van der Waals surface area contributed by atoms with E-state index in [0.717, 1.165) is 22.2 Å². The molecule has 0 bridgehead atoms. The molecule has 1 N–H and O–H groups in total. The first-order valence-electron chi connectivity index (χ1n) is 9.85. The average molecular weight is 502 g/mol. The van der Waals surface area contributed by atoms with Gasteiger partial charge in [-0.25, -0.2) is 0 Å². The Hall–Kier alpha value is -3.07. The molecular formula is C23H17Cl2N3O4S. The van der Waals surface area contributed by atoms with E-state index in [1.165, 1.54) is 0 Å². The molecule has 0 atom stereocenters. The summed E-state index contributed by atoms with van der Waals surface area (Å²) in [7, 11) is 0. The second kappa shape index (κ2) is 9.82. The van der Waals surface area contributed by atoms with Crippen molar-refractivity contribution in [2.45, 2.75) is 6.92 Å². The number of nitrogens with one attached hydrogen (secondary N) is 1. The minimum absolute atomic E-state index is 0.0279. The molecule has 2 aromatic carbocycles. The van der Waals surface area contributed by atoms with E-state index >= 15 is 0 Å². The second-order valence-electron chi connectivity index (χ2n) is 7.08. The lowest BCUT2D eigenvalue weighted by Crippen LogP contribution is -2.37. The van der Waals surface area contributed by atoms with Gasteiger partial charge in [0.15, 0.2) is 0 Å². The van der Waals surface area contributed by atoms with Crippen LogP contribution < -0.4 is 5.32 Å².